The van der Waals surface area contributed by atoms with Gasteiger partial charge in [0.1, 0.15) is 4.90 Å². The minimum Gasteiger partial charge on any atom is -0.352 e. The molecule has 0 N–H and O–H groups in total. The molecule has 1 atom stereocenters. The highest BCUT2D eigenvalue weighted by Crippen LogP contribution is 2.19. The van der Waals surface area contributed by atoms with E-state index in [1.54, 1.807) is 30.9 Å². The third-order valence-corrected chi connectivity index (χ3v) is 5.26. The molecule has 1 aromatic heterocycles. The first-order valence-electron chi connectivity index (χ1n) is 6.00. The van der Waals surface area contributed by atoms with E-state index in [-0.39, 0.29) is 0 Å². The third kappa shape index (κ3) is 3.28. The minimum absolute atomic E-state index is 0.307. The summed E-state index contributed by atoms with van der Waals surface area (Å²) in [5.41, 5.74) is 0.798. The Kier molecular flexibility index (Phi) is 5.25. The maximum absolute atomic E-state index is 12.3. The summed E-state index contributed by atoms with van der Waals surface area (Å²) in [6.45, 7) is 4.63. The second kappa shape index (κ2) is 6.08. The van der Waals surface area contributed by atoms with Gasteiger partial charge >= 0.3 is 0 Å². The van der Waals surface area contributed by atoms with Crippen LogP contribution in [0.15, 0.2) is 17.2 Å². The van der Waals surface area contributed by atoms with Gasteiger partial charge in [0, 0.05) is 32.5 Å². The number of nitrogens with zero attached hydrogens (tertiary/aromatic N) is 2. The lowest BCUT2D eigenvalue weighted by atomic mass is 10.1. The van der Waals surface area contributed by atoms with Crippen LogP contribution in [0.3, 0.4) is 0 Å². The number of hydrogen-bond acceptors (Lipinski definition) is 2. The summed E-state index contributed by atoms with van der Waals surface area (Å²) in [5, 5.41) is 0. The van der Waals surface area contributed by atoms with Crippen LogP contribution in [0, 0.1) is 5.92 Å². The molecule has 0 saturated heterocycles. The fourth-order valence-corrected chi connectivity index (χ4v) is 3.35. The highest BCUT2D eigenvalue weighted by molar-refractivity contribution is 7.89. The Morgan fingerprint density at radius 2 is 2.11 bits per heavy atom. The molecule has 0 aromatic carbocycles. The zero-order chi connectivity index (χ0) is 13.9. The van der Waals surface area contributed by atoms with Crippen LogP contribution in [-0.2, 0) is 23.0 Å². The predicted octanol–water partition coefficient (Wildman–Crippen LogP) is 2.43. The third-order valence-electron chi connectivity index (χ3n) is 3.19. The molecule has 18 heavy (non-hydrogen) atoms. The molecule has 1 unspecified atom stereocenters. The Morgan fingerprint density at radius 3 is 2.56 bits per heavy atom. The molecule has 6 heteroatoms. The van der Waals surface area contributed by atoms with Gasteiger partial charge in [0.15, 0.2) is 0 Å². The molecule has 0 radical (unpaired) electrons. The Labute approximate surface area is 115 Å². The Bertz CT molecular complexity index is 496. The van der Waals surface area contributed by atoms with Crippen LogP contribution in [0.5, 0.6) is 0 Å². The molecule has 104 valence electrons. The summed E-state index contributed by atoms with van der Waals surface area (Å²) in [7, 11) is 0.0149. The van der Waals surface area contributed by atoms with Crippen molar-refractivity contribution in [3.8, 4) is 0 Å². The van der Waals surface area contributed by atoms with Crippen molar-refractivity contribution in [2.24, 2.45) is 13.0 Å². The number of aryl methyl sites for hydroxylation is 1. The maximum Gasteiger partial charge on any atom is 0.244 e. The Balaban J connectivity index is 2.98. The van der Waals surface area contributed by atoms with Crippen molar-refractivity contribution in [1.29, 1.82) is 0 Å². The van der Waals surface area contributed by atoms with E-state index in [1.165, 1.54) is 4.31 Å². The van der Waals surface area contributed by atoms with Gasteiger partial charge in [-0.05, 0) is 12.0 Å². The van der Waals surface area contributed by atoms with Crippen LogP contribution < -0.4 is 0 Å². The standard InChI is InChI=1S/C12H21ClN2O2S/c1-5-10(2)8-15(4)18(16,17)12-6-11(7-13)14(3)9-12/h6,9-10H,5,7-8H2,1-4H3. The largest absolute Gasteiger partial charge is 0.352 e. The van der Waals surface area contributed by atoms with E-state index in [4.69, 9.17) is 11.6 Å². The van der Waals surface area contributed by atoms with Gasteiger partial charge < -0.3 is 4.57 Å². The Hall–Kier alpha value is -0.520. The van der Waals surface area contributed by atoms with Crippen molar-refractivity contribution in [3.05, 3.63) is 18.0 Å². The first kappa shape index (κ1) is 15.5. The number of sulfonamides is 1. The summed E-state index contributed by atoms with van der Waals surface area (Å²) >= 11 is 5.75. The molecule has 0 saturated carbocycles. The van der Waals surface area contributed by atoms with E-state index in [0.29, 0.717) is 23.2 Å². The summed E-state index contributed by atoms with van der Waals surface area (Å²) < 4.78 is 27.8. The molecule has 0 aliphatic rings. The molecule has 0 bridgehead atoms. The van der Waals surface area contributed by atoms with Crippen molar-refractivity contribution >= 4 is 21.6 Å². The molecule has 0 aliphatic heterocycles. The topological polar surface area (TPSA) is 42.3 Å². The summed E-state index contributed by atoms with van der Waals surface area (Å²) in [6.07, 6.45) is 2.57. The zero-order valence-corrected chi connectivity index (χ0v) is 12.9. The molecule has 0 fully saturated rings. The van der Waals surface area contributed by atoms with Crippen molar-refractivity contribution in [3.63, 3.8) is 0 Å². The smallest absolute Gasteiger partial charge is 0.244 e. The monoisotopic (exact) mass is 292 g/mol. The number of aromatic nitrogens is 1. The highest BCUT2D eigenvalue weighted by Gasteiger charge is 2.23. The molecular weight excluding hydrogens is 272 g/mol. The average Bonchev–Trinajstić information content (AvgIpc) is 2.70. The van der Waals surface area contributed by atoms with E-state index in [2.05, 4.69) is 6.92 Å². The van der Waals surface area contributed by atoms with Gasteiger partial charge in [0.05, 0.1) is 5.88 Å². The van der Waals surface area contributed by atoms with Gasteiger partial charge in [-0.15, -0.1) is 11.6 Å². The number of halogens is 1. The summed E-state index contributed by atoms with van der Waals surface area (Å²) in [5.74, 6) is 0.655. The van der Waals surface area contributed by atoms with Gasteiger partial charge in [0.2, 0.25) is 10.0 Å². The Morgan fingerprint density at radius 1 is 1.50 bits per heavy atom. The first-order valence-corrected chi connectivity index (χ1v) is 7.97. The molecule has 1 rings (SSSR count). The number of alkyl halides is 1. The van der Waals surface area contributed by atoms with Gasteiger partial charge in [-0.2, -0.15) is 0 Å². The molecule has 0 spiro atoms. The molecule has 0 amide bonds. The summed E-state index contributed by atoms with van der Waals surface area (Å²) in [6, 6.07) is 1.63. The summed E-state index contributed by atoms with van der Waals surface area (Å²) in [4.78, 5) is 0.312. The van der Waals surface area contributed by atoms with Crippen LogP contribution in [0.4, 0.5) is 0 Å². The second-order valence-corrected chi connectivity index (χ2v) is 7.02. The molecule has 1 aromatic rings. The number of rotatable bonds is 6. The van der Waals surface area contributed by atoms with Crippen LogP contribution >= 0.6 is 11.6 Å². The van der Waals surface area contributed by atoms with Gasteiger partial charge in [0.25, 0.3) is 0 Å². The van der Waals surface area contributed by atoms with Crippen LogP contribution in [0.25, 0.3) is 0 Å². The van der Waals surface area contributed by atoms with E-state index < -0.39 is 10.0 Å². The lowest BCUT2D eigenvalue weighted by Crippen LogP contribution is -2.30. The zero-order valence-electron chi connectivity index (χ0n) is 11.4. The van der Waals surface area contributed by atoms with Crippen molar-refractivity contribution < 1.29 is 8.42 Å². The second-order valence-electron chi connectivity index (χ2n) is 4.71. The first-order chi connectivity index (χ1) is 8.32. The SMILES string of the molecule is CCC(C)CN(C)S(=O)(=O)c1cc(CCl)n(C)c1. The number of hydrogen-bond donors (Lipinski definition) is 0. The van der Waals surface area contributed by atoms with E-state index in [9.17, 15) is 8.42 Å². The van der Waals surface area contributed by atoms with E-state index in [1.807, 2.05) is 6.92 Å². The molecular formula is C12H21ClN2O2S. The predicted molar refractivity (Wildman–Crippen MR) is 74.2 cm³/mol. The maximum atomic E-state index is 12.3. The van der Waals surface area contributed by atoms with Gasteiger partial charge in [-0.25, -0.2) is 12.7 Å². The van der Waals surface area contributed by atoms with Crippen molar-refractivity contribution in [2.75, 3.05) is 13.6 Å². The molecule has 0 aliphatic carbocycles. The highest BCUT2D eigenvalue weighted by atomic mass is 35.5. The van der Waals surface area contributed by atoms with Crippen LogP contribution in [0.2, 0.25) is 0 Å². The molecule has 4 nitrogen and oxygen atoms in total. The normalized spacial score (nSPS) is 14.1. The van der Waals surface area contributed by atoms with Gasteiger partial charge in [-0.3, -0.25) is 0 Å². The van der Waals surface area contributed by atoms with Crippen LogP contribution in [-0.4, -0.2) is 30.9 Å². The van der Waals surface area contributed by atoms with Crippen molar-refractivity contribution in [2.45, 2.75) is 31.0 Å². The van der Waals surface area contributed by atoms with E-state index in [0.717, 1.165) is 12.1 Å². The minimum atomic E-state index is -3.40. The lowest BCUT2D eigenvalue weighted by molar-refractivity contribution is 0.393. The quantitative estimate of drug-likeness (QED) is 0.756. The fourth-order valence-electron chi connectivity index (χ4n) is 1.70. The van der Waals surface area contributed by atoms with Gasteiger partial charge in [-0.1, -0.05) is 20.3 Å². The average molecular weight is 293 g/mol. The van der Waals surface area contributed by atoms with Crippen molar-refractivity contribution in [1.82, 2.24) is 8.87 Å². The lowest BCUT2D eigenvalue weighted by Gasteiger charge is -2.19. The molecule has 1 heterocycles. The fraction of sp³-hybridized carbons (Fsp3) is 0.667. The van der Waals surface area contributed by atoms with Crippen LogP contribution in [0.1, 0.15) is 26.0 Å². The van der Waals surface area contributed by atoms with E-state index >= 15 is 0 Å².